The summed E-state index contributed by atoms with van der Waals surface area (Å²) in [7, 11) is -1.78. The Kier molecular flexibility index (Phi) is 7.13. The standard InChI is InChI=1S/C17H25N3O5S/c1-25-11-9-18-17(22)14-7-3-4-8-15(14)19-16(21)13-6-5-10-20(12-13)26(2,23)24/h3-4,7-8,13H,5-6,9-12H2,1-2H3,(H,18,22)(H,19,21)/t13-/m1/s1. The van der Waals surface area contributed by atoms with E-state index in [0.29, 0.717) is 43.8 Å². The molecule has 8 nitrogen and oxygen atoms in total. The van der Waals surface area contributed by atoms with Crippen LogP contribution < -0.4 is 10.6 Å². The van der Waals surface area contributed by atoms with E-state index in [1.807, 2.05) is 0 Å². The van der Waals surface area contributed by atoms with E-state index in [0.717, 1.165) is 6.26 Å². The van der Waals surface area contributed by atoms with Crippen LogP contribution in [-0.4, -0.2) is 64.1 Å². The minimum Gasteiger partial charge on any atom is -0.383 e. The van der Waals surface area contributed by atoms with Crippen LogP contribution in [0.2, 0.25) is 0 Å². The summed E-state index contributed by atoms with van der Waals surface area (Å²) in [5.74, 6) is -1.03. The predicted molar refractivity (Wildman–Crippen MR) is 98.4 cm³/mol. The van der Waals surface area contributed by atoms with Crippen molar-refractivity contribution in [3.05, 3.63) is 29.8 Å². The zero-order chi connectivity index (χ0) is 19.2. The van der Waals surface area contributed by atoms with Gasteiger partial charge in [-0.2, -0.15) is 0 Å². The Morgan fingerprint density at radius 2 is 2.04 bits per heavy atom. The molecule has 1 aromatic rings. The number of piperidine rings is 1. The van der Waals surface area contributed by atoms with E-state index in [2.05, 4.69) is 10.6 Å². The molecule has 0 bridgehead atoms. The minimum absolute atomic E-state index is 0.160. The number of methoxy groups -OCH3 is 1. The summed E-state index contributed by atoms with van der Waals surface area (Å²) in [5.41, 5.74) is 0.761. The van der Waals surface area contributed by atoms with Gasteiger partial charge in [-0.15, -0.1) is 0 Å². The van der Waals surface area contributed by atoms with E-state index in [1.54, 1.807) is 31.4 Å². The second kappa shape index (κ2) is 9.11. The highest BCUT2D eigenvalue weighted by Gasteiger charge is 2.30. The molecule has 0 aromatic heterocycles. The first-order valence-corrected chi connectivity index (χ1v) is 10.3. The summed E-state index contributed by atoms with van der Waals surface area (Å²) in [6.45, 7) is 1.35. The zero-order valence-electron chi connectivity index (χ0n) is 15.0. The van der Waals surface area contributed by atoms with E-state index in [4.69, 9.17) is 4.74 Å². The van der Waals surface area contributed by atoms with Crippen molar-refractivity contribution in [2.75, 3.05) is 44.9 Å². The summed E-state index contributed by atoms with van der Waals surface area (Å²) < 4.78 is 29.6. The van der Waals surface area contributed by atoms with Gasteiger partial charge in [0.1, 0.15) is 0 Å². The van der Waals surface area contributed by atoms with Crippen LogP contribution in [0, 0.1) is 5.92 Å². The maximum Gasteiger partial charge on any atom is 0.253 e. The Bertz CT molecular complexity index is 751. The molecule has 1 heterocycles. The predicted octanol–water partition coefficient (Wildman–Crippen LogP) is 0.673. The first-order valence-electron chi connectivity index (χ1n) is 8.45. The molecule has 144 valence electrons. The highest BCUT2D eigenvalue weighted by molar-refractivity contribution is 7.88. The van der Waals surface area contributed by atoms with Gasteiger partial charge in [-0.05, 0) is 25.0 Å². The largest absolute Gasteiger partial charge is 0.383 e. The first kappa shape index (κ1) is 20.3. The van der Waals surface area contributed by atoms with Crippen LogP contribution in [0.4, 0.5) is 5.69 Å². The molecule has 1 aliphatic heterocycles. The summed E-state index contributed by atoms with van der Waals surface area (Å²) in [5, 5.41) is 5.49. The number of carbonyl (C=O) groups excluding carboxylic acids is 2. The number of hydrogen-bond donors (Lipinski definition) is 2. The summed E-state index contributed by atoms with van der Waals surface area (Å²) >= 11 is 0. The van der Waals surface area contributed by atoms with Crippen molar-refractivity contribution >= 4 is 27.5 Å². The van der Waals surface area contributed by atoms with Crippen molar-refractivity contribution in [3.8, 4) is 0 Å². The molecule has 0 radical (unpaired) electrons. The number of ether oxygens (including phenoxy) is 1. The normalized spacial score (nSPS) is 18.3. The maximum absolute atomic E-state index is 12.6. The molecule has 2 N–H and O–H groups in total. The number of para-hydroxylation sites is 1. The smallest absolute Gasteiger partial charge is 0.253 e. The molecule has 0 unspecified atom stereocenters. The number of rotatable bonds is 7. The third kappa shape index (κ3) is 5.52. The monoisotopic (exact) mass is 383 g/mol. The zero-order valence-corrected chi connectivity index (χ0v) is 15.8. The lowest BCUT2D eigenvalue weighted by Gasteiger charge is -2.30. The molecule has 2 amide bonds. The van der Waals surface area contributed by atoms with Gasteiger partial charge < -0.3 is 15.4 Å². The van der Waals surface area contributed by atoms with E-state index < -0.39 is 15.9 Å². The molecular formula is C17H25N3O5S. The molecule has 0 spiro atoms. The number of amides is 2. The molecule has 9 heteroatoms. The molecule has 1 saturated heterocycles. The molecule has 0 saturated carbocycles. The Labute approximate surface area is 153 Å². The van der Waals surface area contributed by atoms with Crippen LogP contribution in [0.15, 0.2) is 24.3 Å². The SMILES string of the molecule is COCCNC(=O)c1ccccc1NC(=O)[C@@H]1CCCN(S(C)(=O)=O)C1. The number of hydrogen-bond acceptors (Lipinski definition) is 5. The third-order valence-electron chi connectivity index (χ3n) is 4.25. The van der Waals surface area contributed by atoms with Gasteiger partial charge in [0.15, 0.2) is 0 Å². The first-order chi connectivity index (χ1) is 12.3. The van der Waals surface area contributed by atoms with Crippen molar-refractivity contribution in [3.63, 3.8) is 0 Å². The van der Waals surface area contributed by atoms with Gasteiger partial charge in [-0.1, -0.05) is 12.1 Å². The quantitative estimate of drug-likeness (QED) is 0.674. The summed E-state index contributed by atoms with van der Waals surface area (Å²) in [4.78, 5) is 24.9. The molecule has 1 atom stereocenters. The van der Waals surface area contributed by atoms with Crippen LogP contribution >= 0.6 is 0 Å². The third-order valence-corrected chi connectivity index (χ3v) is 5.51. The van der Waals surface area contributed by atoms with E-state index in [9.17, 15) is 18.0 Å². The summed E-state index contributed by atoms with van der Waals surface area (Å²) in [6, 6.07) is 6.72. The number of carbonyl (C=O) groups is 2. The maximum atomic E-state index is 12.6. The molecule has 2 rings (SSSR count). The molecule has 1 aliphatic rings. The van der Waals surface area contributed by atoms with Crippen LogP contribution in [0.3, 0.4) is 0 Å². The fourth-order valence-corrected chi connectivity index (χ4v) is 3.76. The van der Waals surface area contributed by atoms with Gasteiger partial charge in [0, 0.05) is 26.7 Å². The van der Waals surface area contributed by atoms with Crippen LogP contribution in [0.1, 0.15) is 23.2 Å². The fraction of sp³-hybridized carbons (Fsp3) is 0.529. The number of anilines is 1. The van der Waals surface area contributed by atoms with Crippen molar-refractivity contribution < 1.29 is 22.7 Å². The molecule has 26 heavy (non-hydrogen) atoms. The van der Waals surface area contributed by atoms with Gasteiger partial charge in [0.05, 0.1) is 30.0 Å². The minimum atomic E-state index is -3.32. The molecular weight excluding hydrogens is 358 g/mol. The van der Waals surface area contributed by atoms with Gasteiger partial charge in [0.25, 0.3) is 5.91 Å². The van der Waals surface area contributed by atoms with E-state index >= 15 is 0 Å². The second-order valence-corrected chi connectivity index (χ2v) is 8.23. The fourth-order valence-electron chi connectivity index (χ4n) is 2.84. The number of benzene rings is 1. The molecule has 0 aliphatic carbocycles. The van der Waals surface area contributed by atoms with E-state index in [-0.39, 0.29) is 18.4 Å². The molecule has 1 fully saturated rings. The van der Waals surface area contributed by atoms with E-state index in [1.165, 1.54) is 4.31 Å². The van der Waals surface area contributed by atoms with Crippen LogP contribution in [0.25, 0.3) is 0 Å². The van der Waals surface area contributed by atoms with Gasteiger partial charge in [-0.25, -0.2) is 12.7 Å². The van der Waals surface area contributed by atoms with Gasteiger partial charge in [-0.3, -0.25) is 9.59 Å². The van der Waals surface area contributed by atoms with Gasteiger partial charge in [0.2, 0.25) is 15.9 Å². The lowest BCUT2D eigenvalue weighted by Crippen LogP contribution is -2.43. The average molecular weight is 383 g/mol. The Hall–Kier alpha value is -1.97. The van der Waals surface area contributed by atoms with Crippen LogP contribution in [-0.2, 0) is 19.6 Å². The number of nitrogens with zero attached hydrogens (tertiary/aromatic N) is 1. The molecule has 1 aromatic carbocycles. The van der Waals surface area contributed by atoms with Crippen molar-refractivity contribution in [1.29, 1.82) is 0 Å². The number of nitrogens with one attached hydrogen (secondary N) is 2. The lowest BCUT2D eigenvalue weighted by molar-refractivity contribution is -0.120. The van der Waals surface area contributed by atoms with Crippen molar-refractivity contribution in [1.82, 2.24) is 9.62 Å². The van der Waals surface area contributed by atoms with Crippen molar-refractivity contribution in [2.24, 2.45) is 5.92 Å². The lowest BCUT2D eigenvalue weighted by atomic mass is 9.98. The topological polar surface area (TPSA) is 105 Å². The Morgan fingerprint density at radius 1 is 1.31 bits per heavy atom. The highest BCUT2D eigenvalue weighted by Crippen LogP contribution is 2.22. The Balaban J connectivity index is 2.06. The van der Waals surface area contributed by atoms with Gasteiger partial charge >= 0.3 is 0 Å². The Morgan fingerprint density at radius 3 is 2.73 bits per heavy atom. The van der Waals surface area contributed by atoms with Crippen molar-refractivity contribution in [2.45, 2.75) is 12.8 Å². The second-order valence-electron chi connectivity index (χ2n) is 6.24. The average Bonchev–Trinajstić information content (AvgIpc) is 2.61. The summed E-state index contributed by atoms with van der Waals surface area (Å²) in [6.07, 6.45) is 2.39. The number of sulfonamides is 1. The highest BCUT2D eigenvalue weighted by atomic mass is 32.2. The van der Waals surface area contributed by atoms with Crippen LogP contribution in [0.5, 0.6) is 0 Å².